The van der Waals surface area contributed by atoms with Gasteiger partial charge in [0.1, 0.15) is 18.8 Å². The third-order valence-electron chi connectivity index (χ3n) is 4.94. The smallest absolute Gasteiger partial charge is 0.333 e. The average Bonchev–Trinajstić information content (AvgIpc) is 2.76. The summed E-state index contributed by atoms with van der Waals surface area (Å²) in [6.07, 6.45) is -0.776. The van der Waals surface area contributed by atoms with Crippen LogP contribution in [0.15, 0.2) is 54.6 Å². The summed E-state index contributed by atoms with van der Waals surface area (Å²) >= 11 is 0. The lowest BCUT2D eigenvalue weighted by molar-refractivity contribution is -0.180. The summed E-state index contributed by atoms with van der Waals surface area (Å²) in [4.78, 5) is 50.0. The van der Waals surface area contributed by atoms with Gasteiger partial charge in [-0.2, -0.15) is 0 Å². The number of aliphatic hydroxyl groups is 1. The third-order valence-corrected chi connectivity index (χ3v) is 4.94. The molecule has 0 aliphatic carbocycles. The molecule has 1 fully saturated rings. The van der Waals surface area contributed by atoms with E-state index in [0.29, 0.717) is 22.8 Å². The highest BCUT2D eigenvalue weighted by Crippen LogP contribution is 2.29. The maximum absolute atomic E-state index is 12.7. The Bertz CT molecular complexity index is 988. The summed E-state index contributed by atoms with van der Waals surface area (Å²) in [6.45, 7) is 0.787. The van der Waals surface area contributed by atoms with Gasteiger partial charge in [-0.25, -0.2) is 9.69 Å². The summed E-state index contributed by atoms with van der Waals surface area (Å²) in [5.74, 6) is -1.72. The van der Waals surface area contributed by atoms with E-state index in [4.69, 9.17) is 9.47 Å². The Morgan fingerprint density at radius 1 is 1.09 bits per heavy atom. The lowest BCUT2D eigenvalue weighted by Gasteiger charge is -2.41. The van der Waals surface area contributed by atoms with Crippen LogP contribution in [0.3, 0.4) is 0 Å². The second kappa shape index (κ2) is 10.2. The van der Waals surface area contributed by atoms with E-state index in [-0.39, 0.29) is 13.0 Å². The zero-order chi connectivity index (χ0) is 23.1. The van der Waals surface area contributed by atoms with Crippen LogP contribution in [0.1, 0.15) is 24.5 Å². The molecule has 1 atom stereocenters. The molecule has 1 saturated heterocycles. The van der Waals surface area contributed by atoms with Crippen LogP contribution in [0.2, 0.25) is 0 Å². The van der Waals surface area contributed by atoms with Crippen LogP contribution < -0.4 is 10.1 Å². The molecule has 0 bridgehead atoms. The number of nitrogens with zero attached hydrogens (tertiary/aromatic N) is 1. The van der Waals surface area contributed by atoms with E-state index in [1.54, 1.807) is 24.3 Å². The van der Waals surface area contributed by atoms with Crippen LogP contribution in [-0.4, -0.2) is 52.6 Å². The Hall–Kier alpha value is -3.56. The molecule has 4 amide bonds. The standard InChI is InChI=1S/C23H24N2O7/c1-16(27)23(32-11-10-26,25-21(29)13-20(28)24-22(25)30)14-18-8-5-9-19(12-18)31-15-17-6-3-2-4-7-17/h2-9,12,26H,10-11,13-15H2,1H3,(H,24,28,30). The van der Waals surface area contributed by atoms with Gasteiger partial charge in [0.05, 0.1) is 13.2 Å². The fraction of sp³-hybridized carbons (Fsp3) is 0.304. The number of barbiturate groups is 1. The maximum atomic E-state index is 12.7. The fourth-order valence-electron chi connectivity index (χ4n) is 3.47. The van der Waals surface area contributed by atoms with Crippen LogP contribution in [0.5, 0.6) is 5.75 Å². The van der Waals surface area contributed by atoms with Gasteiger partial charge in [0.15, 0.2) is 5.78 Å². The number of rotatable bonds is 10. The molecule has 2 N–H and O–H groups in total. The second-order valence-electron chi connectivity index (χ2n) is 7.27. The number of benzene rings is 2. The summed E-state index contributed by atoms with van der Waals surface area (Å²) in [6, 6.07) is 15.4. The van der Waals surface area contributed by atoms with Crippen molar-refractivity contribution in [2.75, 3.05) is 13.2 Å². The number of ketones is 1. The molecule has 2 aromatic carbocycles. The van der Waals surface area contributed by atoms with Gasteiger partial charge in [0, 0.05) is 6.42 Å². The number of carbonyl (C=O) groups excluding carboxylic acids is 4. The molecule has 168 valence electrons. The van der Waals surface area contributed by atoms with E-state index >= 15 is 0 Å². The molecule has 9 heteroatoms. The summed E-state index contributed by atoms with van der Waals surface area (Å²) in [5.41, 5.74) is -0.494. The van der Waals surface area contributed by atoms with E-state index < -0.39 is 42.4 Å². The zero-order valence-electron chi connectivity index (χ0n) is 17.6. The SMILES string of the molecule is CC(=O)C(Cc1cccc(OCc2ccccc2)c1)(OCCO)N1C(=O)CC(=O)NC1=O. The predicted molar refractivity (Wildman–Crippen MR) is 112 cm³/mol. The first kappa shape index (κ1) is 23.1. The minimum atomic E-state index is -2.03. The van der Waals surface area contributed by atoms with Crippen LogP contribution in [0, 0.1) is 0 Å². The first-order chi connectivity index (χ1) is 15.4. The van der Waals surface area contributed by atoms with E-state index in [1.165, 1.54) is 6.92 Å². The Labute approximate surface area is 184 Å². The monoisotopic (exact) mass is 440 g/mol. The van der Waals surface area contributed by atoms with Crippen molar-refractivity contribution in [3.05, 3.63) is 65.7 Å². The fourth-order valence-corrected chi connectivity index (χ4v) is 3.47. The third kappa shape index (κ3) is 5.19. The normalized spacial score (nSPS) is 15.8. The van der Waals surface area contributed by atoms with Crippen molar-refractivity contribution in [3.8, 4) is 5.75 Å². The maximum Gasteiger partial charge on any atom is 0.333 e. The summed E-state index contributed by atoms with van der Waals surface area (Å²) in [7, 11) is 0. The molecular formula is C23H24N2O7. The van der Waals surface area contributed by atoms with E-state index in [2.05, 4.69) is 0 Å². The average molecular weight is 440 g/mol. The van der Waals surface area contributed by atoms with Crippen LogP contribution in [-0.2, 0) is 32.1 Å². The largest absolute Gasteiger partial charge is 0.489 e. The van der Waals surface area contributed by atoms with Gasteiger partial charge in [0.25, 0.3) is 0 Å². The molecule has 2 aromatic rings. The molecule has 9 nitrogen and oxygen atoms in total. The van der Waals surface area contributed by atoms with Crippen molar-refractivity contribution in [2.45, 2.75) is 32.1 Å². The Morgan fingerprint density at radius 2 is 1.81 bits per heavy atom. The van der Waals surface area contributed by atoms with E-state index in [1.807, 2.05) is 35.6 Å². The first-order valence-electron chi connectivity index (χ1n) is 10.0. The van der Waals surface area contributed by atoms with Crippen molar-refractivity contribution in [3.63, 3.8) is 0 Å². The van der Waals surface area contributed by atoms with Crippen molar-refractivity contribution in [1.82, 2.24) is 10.2 Å². The Kier molecular flexibility index (Phi) is 7.34. The highest BCUT2D eigenvalue weighted by molar-refractivity contribution is 6.16. The van der Waals surface area contributed by atoms with Crippen molar-refractivity contribution in [1.29, 1.82) is 0 Å². The molecule has 1 aliphatic rings. The molecular weight excluding hydrogens is 416 g/mol. The first-order valence-corrected chi connectivity index (χ1v) is 10.0. The van der Waals surface area contributed by atoms with Crippen molar-refractivity contribution in [2.24, 2.45) is 0 Å². The molecule has 0 aromatic heterocycles. The molecule has 0 saturated carbocycles. The summed E-state index contributed by atoms with van der Waals surface area (Å²) in [5, 5.41) is 11.3. The Balaban J connectivity index is 1.89. The van der Waals surface area contributed by atoms with Gasteiger partial charge in [0.2, 0.25) is 17.5 Å². The van der Waals surface area contributed by atoms with E-state index in [0.717, 1.165) is 5.56 Å². The number of carbonyl (C=O) groups is 4. The second-order valence-corrected chi connectivity index (χ2v) is 7.27. The number of aliphatic hydroxyl groups excluding tert-OH is 1. The number of hydrogen-bond donors (Lipinski definition) is 2. The number of Topliss-reactive ketones (excluding diaryl/α,β-unsaturated/α-hetero) is 1. The van der Waals surface area contributed by atoms with Crippen molar-refractivity contribution >= 4 is 23.6 Å². The highest BCUT2D eigenvalue weighted by Gasteiger charge is 2.51. The molecule has 0 spiro atoms. The summed E-state index contributed by atoms with van der Waals surface area (Å²) < 4.78 is 11.4. The van der Waals surface area contributed by atoms with Crippen molar-refractivity contribution < 1.29 is 33.8 Å². The highest BCUT2D eigenvalue weighted by atomic mass is 16.5. The molecule has 3 rings (SSSR count). The molecule has 1 unspecified atom stereocenters. The minimum Gasteiger partial charge on any atom is -0.489 e. The number of hydrogen-bond acceptors (Lipinski definition) is 7. The quantitative estimate of drug-likeness (QED) is 0.538. The van der Waals surface area contributed by atoms with Gasteiger partial charge >= 0.3 is 6.03 Å². The van der Waals surface area contributed by atoms with Gasteiger partial charge in [-0.1, -0.05) is 42.5 Å². The Morgan fingerprint density at radius 3 is 2.47 bits per heavy atom. The van der Waals surface area contributed by atoms with Crippen LogP contribution in [0.4, 0.5) is 4.79 Å². The molecule has 1 heterocycles. The van der Waals surface area contributed by atoms with Crippen LogP contribution in [0.25, 0.3) is 0 Å². The zero-order valence-corrected chi connectivity index (χ0v) is 17.6. The lowest BCUT2D eigenvalue weighted by atomic mass is 9.95. The van der Waals surface area contributed by atoms with Gasteiger partial charge in [-0.05, 0) is 30.2 Å². The topological polar surface area (TPSA) is 122 Å². The van der Waals surface area contributed by atoms with E-state index in [9.17, 15) is 24.3 Å². The lowest BCUT2D eigenvalue weighted by Crippen LogP contribution is -2.67. The van der Waals surface area contributed by atoms with Gasteiger partial charge in [-0.3, -0.25) is 19.7 Å². The van der Waals surface area contributed by atoms with Gasteiger partial charge < -0.3 is 14.6 Å². The minimum absolute atomic E-state index is 0.182. The molecule has 0 radical (unpaired) electrons. The van der Waals surface area contributed by atoms with Crippen LogP contribution >= 0.6 is 0 Å². The predicted octanol–water partition coefficient (Wildman–Crippen LogP) is 1.57. The number of nitrogens with one attached hydrogen (secondary N) is 1. The molecule has 32 heavy (non-hydrogen) atoms. The number of amides is 4. The number of urea groups is 1. The number of ether oxygens (including phenoxy) is 2. The van der Waals surface area contributed by atoms with Gasteiger partial charge in [-0.15, -0.1) is 0 Å². The number of imide groups is 2. The molecule has 1 aliphatic heterocycles.